The molecule has 1 N–H and O–H groups in total. The molecule has 0 bridgehead atoms. The van der Waals surface area contributed by atoms with Gasteiger partial charge in [-0.25, -0.2) is 4.79 Å². The van der Waals surface area contributed by atoms with Crippen LogP contribution in [-0.4, -0.2) is 40.6 Å². The average Bonchev–Trinajstić information content (AvgIpc) is 3.24. The molecule has 1 aliphatic rings. The number of amides is 1. The predicted octanol–water partition coefficient (Wildman–Crippen LogP) is 5.18. The van der Waals surface area contributed by atoms with E-state index >= 15 is 0 Å². The summed E-state index contributed by atoms with van der Waals surface area (Å²) in [6, 6.07) is 8.12. The molecule has 0 aromatic heterocycles. The van der Waals surface area contributed by atoms with Gasteiger partial charge in [0.2, 0.25) is 0 Å². The van der Waals surface area contributed by atoms with Crippen molar-refractivity contribution in [1.82, 2.24) is 4.90 Å². The summed E-state index contributed by atoms with van der Waals surface area (Å²) in [5.41, 5.74) is -2.37. The molecular formula is C24H26F3NO5. The predicted molar refractivity (Wildman–Crippen MR) is 114 cm³/mol. The van der Waals surface area contributed by atoms with Crippen molar-refractivity contribution in [2.75, 3.05) is 13.1 Å². The Morgan fingerprint density at radius 1 is 1.00 bits per heavy atom. The van der Waals surface area contributed by atoms with Gasteiger partial charge < -0.3 is 19.5 Å². The molecule has 9 heteroatoms. The van der Waals surface area contributed by atoms with Gasteiger partial charge in [0.15, 0.2) is 0 Å². The Kier molecular flexibility index (Phi) is 6.90. The van der Waals surface area contributed by atoms with E-state index in [1.54, 1.807) is 49.9 Å². The first-order valence-electron chi connectivity index (χ1n) is 10.5. The number of hydrogen-bond acceptors (Lipinski definition) is 5. The zero-order valence-electron chi connectivity index (χ0n) is 18.7. The number of nitrogens with zero attached hydrogens (tertiary/aromatic N) is 1. The first-order chi connectivity index (χ1) is 15.4. The lowest BCUT2D eigenvalue weighted by atomic mass is 10.0. The first-order valence-corrected chi connectivity index (χ1v) is 10.5. The maximum Gasteiger partial charge on any atom is 0.419 e. The van der Waals surface area contributed by atoms with Crippen molar-refractivity contribution in [3.05, 3.63) is 58.7 Å². The topological polar surface area (TPSA) is 76.1 Å². The summed E-state index contributed by atoms with van der Waals surface area (Å²) >= 11 is 0. The van der Waals surface area contributed by atoms with Gasteiger partial charge in [-0.05, 0) is 63.9 Å². The fourth-order valence-electron chi connectivity index (χ4n) is 3.50. The van der Waals surface area contributed by atoms with Gasteiger partial charge in [0.25, 0.3) is 5.91 Å². The molecule has 33 heavy (non-hydrogen) atoms. The molecule has 1 heterocycles. The second kappa shape index (κ2) is 9.33. The number of likely N-dealkylation sites (tertiary alicyclic amines) is 1. The van der Waals surface area contributed by atoms with E-state index in [2.05, 4.69) is 0 Å². The van der Waals surface area contributed by atoms with Crippen molar-refractivity contribution in [3.63, 3.8) is 0 Å². The number of carbonyl (C=O) groups excluding carboxylic acids is 2. The lowest BCUT2D eigenvalue weighted by Crippen LogP contribution is -2.27. The van der Waals surface area contributed by atoms with E-state index in [1.807, 2.05) is 0 Å². The molecule has 2 aromatic carbocycles. The van der Waals surface area contributed by atoms with Crippen LogP contribution in [0, 0.1) is 0 Å². The summed E-state index contributed by atoms with van der Waals surface area (Å²) in [5.74, 6) is -2.01. The number of hydrogen-bond donors (Lipinski definition) is 1. The average molecular weight is 465 g/mol. The number of halogens is 3. The molecule has 0 saturated carbocycles. The minimum absolute atomic E-state index is 0.0342. The van der Waals surface area contributed by atoms with Gasteiger partial charge in [0, 0.05) is 24.2 Å². The van der Waals surface area contributed by atoms with Crippen molar-refractivity contribution in [2.45, 2.75) is 52.0 Å². The molecule has 1 aliphatic heterocycles. The quantitative estimate of drug-likeness (QED) is 0.616. The third kappa shape index (κ3) is 5.97. The summed E-state index contributed by atoms with van der Waals surface area (Å²) in [4.78, 5) is 26.8. The van der Waals surface area contributed by atoms with E-state index < -0.39 is 34.6 Å². The smallest absolute Gasteiger partial charge is 0.419 e. The normalized spacial score (nSPS) is 14.3. The van der Waals surface area contributed by atoms with Crippen LogP contribution in [-0.2, 0) is 17.5 Å². The fourth-order valence-corrected chi connectivity index (χ4v) is 3.50. The number of benzene rings is 2. The molecule has 178 valence electrons. The number of alkyl halides is 3. The number of phenolic OH excluding ortho intramolecular Hbond substituents is 1. The fraction of sp³-hybridized carbons (Fsp3) is 0.417. The highest BCUT2D eigenvalue weighted by Crippen LogP contribution is 2.39. The third-order valence-electron chi connectivity index (χ3n) is 5.06. The summed E-state index contributed by atoms with van der Waals surface area (Å²) in [5, 5.41) is 10.3. The van der Waals surface area contributed by atoms with Crippen LogP contribution in [0.4, 0.5) is 13.2 Å². The molecule has 1 fully saturated rings. The molecule has 1 amide bonds. The van der Waals surface area contributed by atoms with Gasteiger partial charge in [-0.1, -0.05) is 6.07 Å². The maximum absolute atomic E-state index is 13.3. The van der Waals surface area contributed by atoms with Crippen molar-refractivity contribution in [3.8, 4) is 11.5 Å². The number of esters is 1. The zero-order valence-corrected chi connectivity index (χ0v) is 18.7. The van der Waals surface area contributed by atoms with Gasteiger partial charge in [0.05, 0.1) is 5.56 Å². The second-order valence-corrected chi connectivity index (χ2v) is 8.81. The summed E-state index contributed by atoms with van der Waals surface area (Å²) in [7, 11) is 0. The summed E-state index contributed by atoms with van der Waals surface area (Å²) in [6.07, 6.45) is -2.89. The minimum Gasteiger partial charge on any atom is -0.506 e. The highest BCUT2D eigenvalue weighted by atomic mass is 19.4. The second-order valence-electron chi connectivity index (χ2n) is 8.81. The van der Waals surface area contributed by atoms with Crippen LogP contribution in [0.15, 0.2) is 36.4 Å². The monoisotopic (exact) mass is 465 g/mol. The van der Waals surface area contributed by atoms with Crippen molar-refractivity contribution in [1.29, 1.82) is 0 Å². The Balaban J connectivity index is 1.81. The number of carbonyl (C=O) groups is 2. The van der Waals surface area contributed by atoms with Crippen molar-refractivity contribution in [2.24, 2.45) is 0 Å². The van der Waals surface area contributed by atoms with Crippen LogP contribution >= 0.6 is 0 Å². The van der Waals surface area contributed by atoms with E-state index in [0.717, 1.165) is 32.0 Å². The molecule has 0 aliphatic carbocycles. The van der Waals surface area contributed by atoms with Crippen LogP contribution in [0.5, 0.6) is 11.5 Å². The van der Waals surface area contributed by atoms with E-state index in [0.29, 0.717) is 17.4 Å². The summed E-state index contributed by atoms with van der Waals surface area (Å²) < 4.78 is 50.6. The van der Waals surface area contributed by atoms with E-state index in [4.69, 9.17) is 9.47 Å². The van der Waals surface area contributed by atoms with Gasteiger partial charge in [-0.3, -0.25) is 4.79 Å². The Morgan fingerprint density at radius 2 is 1.61 bits per heavy atom. The van der Waals surface area contributed by atoms with E-state index in [-0.39, 0.29) is 18.1 Å². The van der Waals surface area contributed by atoms with E-state index in [1.165, 1.54) is 0 Å². The van der Waals surface area contributed by atoms with Crippen LogP contribution < -0.4 is 4.74 Å². The molecule has 0 spiro atoms. The first kappa shape index (κ1) is 24.4. The maximum atomic E-state index is 13.3. The molecule has 2 aromatic rings. The number of ether oxygens (including phenoxy) is 2. The van der Waals surface area contributed by atoms with Crippen molar-refractivity contribution >= 4 is 11.9 Å². The largest absolute Gasteiger partial charge is 0.506 e. The molecule has 1 saturated heterocycles. The van der Waals surface area contributed by atoms with Crippen LogP contribution in [0.1, 0.15) is 65.5 Å². The lowest BCUT2D eigenvalue weighted by molar-refractivity contribution is -0.138. The van der Waals surface area contributed by atoms with Gasteiger partial charge in [-0.2, -0.15) is 13.2 Å². The van der Waals surface area contributed by atoms with Crippen molar-refractivity contribution < 1.29 is 37.3 Å². The van der Waals surface area contributed by atoms with Crippen LogP contribution in [0.2, 0.25) is 0 Å². The number of rotatable bonds is 5. The highest BCUT2D eigenvalue weighted by molar-refractivity contribution is 5.95. The third-order valence-corrected chi connectivity index (χ3v) is 5.06. The van der Waals surface area contributed by atoms with Crippen LogP contribution in [0.3, 0.4) is 0 Å². The molecule has 0 radical (unpaired) electrons. The number of phenols is 1. The Bertz CT molecular complexity index is 1020. The standard InChI is InChI=1S/C24H26F3NO5/c1-23(2,3)33-22(31)19-16(8-11-18(20(19)29)24(25,26)27)14-32-17-9-6-15(7-10-17)21(30)28-12-4-5-13-28/h6-11,29H,4-5,12-14H2,1-3H3. The lowest BCUT2D eigenvalue weighted by Gasteiger charge is -2.22. The Hall–Kier alpha value is -3.23. The Morgan fingerprint density at radius 3 is 2.15 bits per heavy atom. The Labute approximate surface area is 189 Å². The molecule has 0 unspecified atom stereocenters. The van der Waals surface area contributed by atoms with Gasteiger partial charge in [-0.15, -0.1) is 0 Å². The summed E-state index contributed by atoms with van der Waals surface area (Å²) in [6.45, 7) is 5.85. The molecule has 0 atom stereocenters. The van der Waals surface area contributed by atoms with Gasteiger partial charge in [0.1, 0.15) is 29.3 Å². The van der Waals surface area contributed by atoms with E-state index in [9.17, 15) is 27.9 Å². The molecule has 6 nitrogen and oxygen atoms in total. The van der Waals surface area contributed by atoms with Crippen LogP contribution in [0.25, 0.3) is 0 Å². The molecule has 3 rings (SSSR count). The highest BCUT2D eigenvalue weighted by Gasteiger charge is 2.37. The SMILES string of the molecule is CC(C)(C)OC(=O)c1c(COc2ccc(C(=O)N3CCCC3)cc2)ccc(C(F)(F)F)c1O. The minimum atomic E-state index is -4.85. The molecular weight excluding hydrogens is 439 g/mol. The van der Waals surface area contributed by atoms with Gasteiger partial charge >= 0.3 is 12.1 Å². The number of aromatic hydroxyl groups is 1. The zero-order chi connectivity index (χ0) is 24.4.